The monoisotopic (exact) mass is 335 g/mol. The van der Waals surface area contributed by atoms with E-state index in [1.165, 1.54) is 5.56 Å². The van der Waals surface area contributed by atoms with Gasteiger partial charge in [0.05, 0.1) is 11.0 Å². The number of hydrogen-bond donors (Lipinski definition) is 2. The third kappa shape index (κ3) is 1.46. The molecule has 1 spiro atoms. The van der Waals surface area contributed by atoms with E-state index in [1.807, 2.05) is 6.07 Å². The Bertz CT molecular complexity index is 720. The third-order valence-corrected chi connectivity index (χ3v) is 6.68. The number of halogens is 1. The largest absolute Gasteiger partial charge is 0.504 e. The molecule has 0 radical (unpaired) electrons. The fourth-order valence-electron chi connectivity index (χ4n) is 5.66. The van der Waals surface area contributed by atoms with Crippen LogP contribution >= 0.6 is 12.4 Å². The molecular weight excluding hydrogens is 314 g/mol. The van der Waals surface area contributed by atoms with Crippen LogP contribution in [0.4, 0.5) is 0 Å². The number of piperidine rings is 1. The average molecular weight is 336 g/mol. The number of hydrogen-bond acceptors (Lipinski definition) is 4. The first kappa shape index (κ1) is 15.3. The fraction of sp³-hybridized carbons (Fsp3) is 0.556. The quantitative estimate of drug-likeness (QED) is 0.713. The van der Waals surface area contributed by atoms with Gasteiger partial charge in [-0.15, -0.1) is 12.4 Å². The molecule has 1 aromatic rings. The molecule has 2 aliphatic carbocycles. The van der Waals surface area contributed by atoms with Crippen molar-refractivity contribution in [2.75, 3.05) is 13.6 Å². The number of likely N-dealkylation sites (N-methyl/N-ethyl adjacent to an activating group) is 1. The van der Waals surface area contributed by atoms with Gasteiger partial charge in [-0.1, -0.05) is 12.6 Å². The van der Waals surface area contributed by atoms with Crippen molar-refractivity contribution in [3.8, 4) is 11.5 Å². The standard InChI is InChI=1S/C18H21NO3.ClH/c1-10-5-6-18(21)13-9-11-3-4-12(20)15-14(11)17(18,16(10)22-15)7-8-19(13)2;/h3-4,13,16,20-21H,1,5-9H2,2H3;1H/t13-,16+,17+,18-;/m1./s1. The smallest absolute Gasteiger partial charge is 0.166 e. The van der Waals surface area contributed by atoms with Gasteiger partial charge >= 0.3 is 0 Å². The third-order valence-electron chi connectivity index (χ3n) is 6.68. The van der Waals surface area contributed by atoms with Gasteiger partial charge in [-0.3, -0.25) is 0 Å². The van der Waals surface area contributed by atoms with Crippen LogP contribution in [0.25, 0.3) is 0 Å². The summed E-state index contributed by atoms with van der Waals surface area (Å²) in [6, 6.07) is 3.85. The number of likely N-dealkylation sites (tertiary alicyclic amines) is 1. The van der Waals surface area contributed by atoms with E-state index in [0.29, 0.717) is 5.75 Å². The van der Waals surface area contributed by atoms with Gasteiger partial charge in [-0.2, -0.15) is 0 Å². The molecule has 1 saturated carbocycles. The van der Waals surface area contributed by atoms with Gasteiger partial charge in [0.2, 0.25) is 0 Å². The number of aliphatic hydroxyl groups is 1. The first-order valence-corrected chi connectivity index (χ1v) is 8.11. The van der Waals surface area contributed by atoms with Crippen LogP contribution in [0, 0.1) is 0 Å². The maximum Gasteiger partial charge on any atom is 0.166 e. The normalized spacial score (nSPS) is 40.2. The van der Waals surface area contributed by atoms with Crippen molar-refractivity contribution in [1.29, 1.82) is 0 Å². The zero-order chi connectivity index (χ0) is 15.3. The Morgan fingerprint density at radius 3 is 2.91 bits per heavy atom. The summed E-state index contributed by atoms with van der Waals surface area (Å²) >= 11 is 0. The van der Waals surface area contributed by atoms with E-state index in [2.05, 4.69) is 18.5 Å². The Balaban J connectivity index is 0.00000135. The lowest BCUT2D eigenvalue weighted by Gasteiger charge is -2.62. The highest BCUT2D eigenvalue weighted by Crippen LogP contribution is 2.65. The number of phenols is 1. The van der Waals surface area contributed by atoms with Crippen LogP contribution in [-0.2, 0) is 11.8 Å². The molecule has 0 aromatic heterocycles. The van der Waals surface area contributed by atoms with Crippen molar-refractivity contribution >= 4 is 12.4 Å². The summed E-state index contributed by atoms with van der Waals surface area (Å²) in [4.78, 5) is 2.30. The Labute approximate surface area is 142 Å². The van der Waals surface area contributed by atoms with Gasteiger partial charge in [-0.25, -0.2) is 0 Å². The van der Waals surface area contributed by atoms with E-state index in [-0.39, 0.29) is 30.3 Å². The number of benzene rings is 1. The molecule has 1 saturated heterocycles. The Morgan fingerprint density at radius 2 is 2.13 bits per heavy atom. The van der Waals surface area contributed by atoms with Gasteiger partial charge in [0.1, 0.15) is 6.10 Å². The van der Waals surface area contributed by atoms with Crippen LogP contribution in [0.3, 0.4) is 0 Å². The first-order valence-electron chi connectivity index (χ1n) is 8.11. The first-order chi connectivity index (χ1) is 10.5. The highest BCUT2D eigenvalue weighted by atomic mass is 35.5. The van der Waals surface area contributed by atoms with Crippen LogP contribution in [0.15, 0.2) is 24.3 Å². The summed E-state index contributed by atoms with van der Waals surface area (Å²) in [6.07, 6.45) is 2.99. The van der Waals surface area contributed by atoms with E-state index < -0.39 is 11.0 Å². The van der Waals surface area contributed by atoms with E-state index >= 15 is 0 Å². The summed E-state index contributed by atoms with van der Waals surface area (Å²) in [7, 11) is 2.11. The van der Waals surface area contributed by atoms with Gasteiger partial charge < -0.3 is 19.8 Å². The van der Waals surface area contributed by atoms with Crippen molar-refractivity contribution in [2.45, 2.75) is 48.8 Å². The van der Waals surface area contributed by atoms with Crippen molar-refractivity contribution in [2.24, 2.45) is 0 Å². The lowest BCUT2D eigenvalue weighted by molar-refractivity contribution is -0.168. The van der Waals surface area contributed by atoms with Crippen LogP contribution in [-0.4, -0.2) is 46.5 Å². The molecule has 0 amide bonds. The second-order valence-electron chi connectivity index (χ2n) is 7.45. The van der Waals surface area contributed by atoms with Crippen LogP contribution in [0.5, 0.6) is 11.5 Å². The highest BCUT2D eigenvalue weighted by molar-refractivity contribution is 5.85. The lowest BCUT2D eigenvalue weighted by Crippen LogP contribution is -2.74. The summed E-state index contributed by atoms with van der Waals surface area (Å²) in [5.74, 6) is 0.780. The van der Waals surface area contributed by atoms with Gasteiger partial charge in [0, 0.05) is 11.6 Å². The number of phenolic OH excluding ortho intramolecular Hbond substituents is 1. The molecule has 2 heterocycles. The van der Waals surface area contributed by atoms with E-state index in [4.69, 9.17) is 4.74 Å². The predicted molar refractivity (Wildman–Crippen MR) is 89.5 cm³/mol. The minimum atomic E-state index is -0.794. The summed E-state index contributed by atoms with van der Waals surface area (Å²) < 4.78 is 6.19. The van der Waals surface area contributed by atoms with Gasteiger partial charge in [0.25, 0.3) is 0 Å². The molecule has 4 aliphatic rings. The fourth-order valence-corrected chi connectivity index (χ4v) is 5.66. The van der Waals surface area contributed by atoms with Gasteiger partial charge in [-0.05, 0) is 56.5 Å². The molecule has 0 unspecified atom stereocenters. The molecular formula is C18H22ClNO3. The van der Waals surface area contributed by atoms with Crippen molar-refractivity contribution < 1.29 is 14.9 Å². The van der Waals surface area contributed by atoms with Crippen molar-refractivity contribution in [3.05, 3.63) is 35.4 Å². The number of nitrogens with zero attached hydrogens (tertiary/aromatic N) is 1. The van der Waals surface area contributed by atoms with Crippen LogP contribution in [0.2, 0.25) is 0 Å². The molecule has 2 N–H and O–H groups in total. The molecule has 1 aromatic carbocycles. The maximum atomic E-state index is 11.7. The van der Waals surface area contributed by atoms with Crippen molar-refractivity contribution in [3.63, 3.8) is 0 Å². The number of aromatic hydroxyl groups is 1. The molecule has 2 aliphatic heterocycles. The average Bonchev–Trinajstić information content (AvgIpc) is 2.85. The molecule has 5 heteroatoms. The zero-order valence-electron chi connectivity index (χ0n) is 13.2. The molecule has 2 fully saturated rings. The maximum absolute atomic E-state index is 11.7. The Kier molecular flexibility index (Phi) is 2.95. The summed E-state index contributed by atoms with van der Waals surface area (Å²) in [5.41, 5.74) is 2.10. The molecule has 23 heavy (non-hydrogen) atoms. The highest BCUT2D eigenvalue weighted by Gasteiger charge is 2.71. The molecule has 4 atom stereocenters. The topological polar surface area (TPSA) is 52.9 Å². The predicted octanol–water partition coefficient (Wildman–Crippen LogP) is 2.15. The zero-order valence-corrected chi connectivity index (χ0v) is 14.0. The van der Waals surface area contributed by atoms with Gasteiger partial charge in [0.15, 0.2) is 11.5 Å². The van der Waals surface area contributed by atoms with E-state index in [1.54, 1.807) is 6.07 Å². The summed E-state index contributed by atoms with van der Waals surface area (Å²) in [5, 5.41) is 22.0. The van der Waals surface area contributed by atoms with Crippen LogP contribution in [0.1, 0.15) is 30.4 Å². The minimum absolute atomic E-state index is 0. The molecule has 4 nitrogen and oxygen atoms in total. The lowest BCUT2D eigenvalue weighted by atomic mass is 9.48. The second kappa shape index (κ2) is 4.44. The molecule has 2 bridgehead atoms. The summed E-state index contributed by atoms with van der Waals surface area (Å²) in [6.45, 7) is 5.16. The Morgan fingerprint density at radius 1 is 1.35 bits per heavy atom. The van der Waals surface area contributed by atoms with Crippen molar-refractivity contribution in [1.82, 2.24) is 4.90 Å². The second-order valence-corrected chi connectivity index (χ2v) is 7.45. The minimum Gasteiger partial charge on any atom is -0.504 e. The molecule has 5 rings (SSSR count). The Hall–Kier alpha value is -1.23. The van der Waals surface area contributed by atoms with Crippen LogP contribution < -0.4 is 4.74 Å². The number of ether oxygens (including phenoxy) is 1. The van der Waals surface area contributed by atoms with E-state index in [9.17, 15) is 10.2 Å². The SMILES string of the molecule is C=C1CC[C@@]2(O)[C@H]3Cc4ccc(O)c5c4[C@@]2(CCN3C)[C@H]1O5.Cl. The van der Waals surface area contributed by atoms with E-state index in [0.717, 1.165) is 43.4 Å². The number of rotatable bonds is 0. The molecule has 124 valence electrons.